The molecule has 8 nitrogen and oxygen atoms in total. The highest BCUT2D eigenvalue weighted by Gasteiger charge is 2.10. The molecule has 3 aromatic rings. The molecule has 36 heavy (non-hydrogen) atoms. The molecule has 0 heterocycles. The maximum atomic E-state index is 11.0. The number of ether oxygens (including phenoxy) is 1. The van der Waals surface area contributed by atoms with Gasteiger partial charge in [0, 0.05) is 17.8 Å². The summed E-state index contributed by atoms with van der Waals surface area (Å²) in [5, 5.41) is 35.1. The van der Waals surface area contributed by atoms with Crippen molar-refractivity contribution in [2.24, 2.45) is 5.73 Å². The quantitative estimate of drug-likeness (QED) is 0.190. The van der Waals surface area contributed by atoms with Crippen LogP contribution in [0.25, 0.3) is 0 Å². The zero-order valence-electron chi connectivity index (χ0n) is 20.3. The van der Waals surface area contributed by atoms with Crippen LogP contribution in [0.1, 0.15) is 41.2 Å². The van der Waals surface area contributed by atoms with Gasteiger partial charge >= 0.3 is 6.03 Å². The number of aryl methyl sites for hydroxylation is 1. The first kappa shape index (κ1) is 27.0. The molecule has 0 aromatic heterocycles. The van der Waals surface area contributed by atoms with Crippen molar-refractivity contribution < 1.29 is 24.9 Å². The van der Waals surface area contributed by atoms with Crippen molar-refractivity contribution in [3.05, 3.63) is 89.0 Å². The Morgan fingerprint density at radius 1 is 0.972 bits per heavy atom. The Morgan fingerprint density at radius 2 is 1.78 bits per heavy atom. The fourth-order valence-electron chi connectivity index (χ4n) is 3.85. The lowest BCUT2D eigenvalue weighted by Crippen LogP contribution is -2.23. The van der Waals surface area contributed by atoms with E-state index >= 15 is 0 Å². The van der Waals surface area contributed by atoms with Gasteiger partial charge in [0.25, 0.3) is 0 Å². The molecule has 3 rings (SSSR count). The molecule has 2 amide bonds. The van der Waals surface area contributed by atoms with Crippen molar-refractivity contribution in [2.75, 3.05) is 25.0 Å². The van der Waals surface area contributed by atoms with E-state index < -0.39 is 12.1 Å². The maximum Gasteiger partial charge on any atom is 0.316 e. The van der Waals surface area contributed by atoms with Gasteiger partial charge in [-0.1, -0.05) is 30.3 Å². The number of urea groups is 1. The number of aromatic hydroxyl groups is 1. The Bertz CT molecular complexity index is 1100. The number of nitrogens with one attached hydrogen (secondary N) is 2. The summed E-state index contributed by atoms with van der Waals surface area (Å²) in [7, 11) is 0. The van der Waals surface area contributed by atoms with E-state index in [1.54, 1.807) is 12.1 Å². The molecule has 1 atom stereocenters. The van der Waals surface area contributed by atoms with Crippen molar-refractivity contribution in [1.82, 2.24) is 5.32 Å². The van der Waals surface area contributed by atoms with Crippen molar-refractivity contribution in [1.29, 1.82) is 0 Å². The van der Waals surface area contributed by atoms with Gasteiger partial charge in [-0.3, -0.25) is 0 Å². The SMILES string of the molecule is NC(=O)Nc1cccc(CCCCOc2ccc(CCNC[C@@H](O)c3ccc(O)c(CO)c3)cc2)c1. The van der Waals surface area contributed by atoms with Gasteiger partial charge in [0.1, 0.15) is 11.5 Å². The number of carbonyl (C=O) groups is 1. The Labute approximate surface area is 211 Å². The Morgan fingerprint density at radius 3 is 2.53 bits per heavy atom. The number of aliphatic hydroxyl groups excluding tert-OH is 2. The summed E-state index contributed by atoms with van der Waals surface area (Å²) >= 11 is 0. The zero-order chi connectivity index (χ0) is 25.8. The number of nitrogens with two attached hydrogens (primary N) is 1. The number of benzene rings is 3. The van der Waals surface area contributed by atoms with Crippen molar-refractivity contribution in [2.45, 2.75) is 38.4 Å². The molecule has 192 valence electrons. The first-order valence-electron chi connectivity index (χ1n) is 12.1. The van der Waals surface area contributed by atoms with Gasteiger partial charge in [0.2, 0.25) is 0 Å². The highest BCUT2D eigenvalue weighted by molar-refractivity contribution is 5.87. The lowest BCUT2D eigenvalue weighted by atomic mass is 10.1. The van der Waals surface area contributed by atoms with Crippen LogP contribution in [0.5, 0.6) is 11.5 Å². The molecule has 7 N–H and O–H groups in total. The summed E-state index contributed by atoms with van der Waals surface area (Å²) in [6, 6.07) is 19.9. The van der Waals surface area contributed by atoms with E-state index in [4.69, 9.17) is 10.5 Å². The van der Waals surface area contributed by atoms with E-state index in [1.165, 1.54) is 11.6 Å². The summed E-state index contributed by atoms with van der Waals surface area (Å²) in [6.07, 6.45) is 2.88. The van der Waals surface area contributed by atoms with E-state index in [1.807, 2.05) is 48.5 Å². The number of unbranched alkanes of at least 4 members (excludes halogenated alkanes) is 1. The number of anilines is 1. The molecule has 8 heteroatoms. The van der Waals surface area contributed by atoms with Gasteiger partial charge in [-0.15, -0.1) is 0 Å². The number of phenols is 1. The van der Waals surface area contributed by atoms with Crippen LogP contribution in [0.15, 0.2) is 66.7 Å². The van der Waals surface area contributed by atoms with Crippen molar-refractivity contribution in [3.8, 4) is 11.5 Å². The van der Waals surface area contributed by atoms with Crippen molar-refractivity contribution >= 4 is 11.7 Å². The maximum absolute atomic E-state index is 11.0. The Hall–Kier alpha value is -3.59. The zero-order valence-corrected chi connectivity index (χ0v) is 20.3. The smallest absolute Gasteiger partial charge is 0.316 e. The number of amides is 2. The molecule has 0 aliphatic heterocycles. The minimum atomic E-state index is -0.720. The average Bonchev–Trinajstić information content (AvgIpc) is 2.87. The summed E-state index contributed by atoms with van der Waals surface area (Å²) in [5.41, 5.74) is 9.23. The molecule has 0 bridgehead atoms. The van der Waals surface area contributed by atoms with Crippen LogP contribution < -0.4 is 21.1 Å². The first-order valence-corrected chi connectivity index (χ1v) is 12.1. The van der Waals surface area contributed by atoms with Crippen LogP contribution >= 0.6 is 0 Å². The van der Waals surface area contributed by atoms with Gasteiger partial charge in [-0.05, 0) is 85.3 Å². The number of hydrogen-bond acceptors (Lipinski definition) is 6. The number of primary amides is 1. The highest BCUT2D eigenvalue weighted by atomic mass is 16.5. The van der Waals surface area contributed by atoms with Crippen LogP contribution in [0.3, 0.4) is 0 Å². The monoisotopic (exact) mass is 493 g/mol. The third-order valence-electron chi connectivity index (χ3n) is 5.83. The van der Waals surface area contributed by atoms with Crippen LogP contribution in [-0.4, -0.2) is 41.0 Å². The summed E-state index contributed by atoms with van der Waals surface area (Å²) in [4.78, 5) is 11.0. The van der Waals surface area contributed by atoms with Crippen LogP contribution in [-0.2, 0) is 19.4 Å². The Kier molecular flexibility index (Phi) is 10.6. The van der Waals surface area contributed by atoms with E-state index in [-0.39, 0.29) is 12.4 Å². The molecule has 0 aliphatic carbocycles. The standard InChI is InChI=1S/C28H35N3O5/c29-28(35)31-24-6-3-5-21(16-24)4-1-2-15-36-25-10-7-20(8-11-25)13-14-30-18-27(34)22-9-12-26(33)23(17-22)19-32/h3,5-12,16-17,27,30,32-34H,1-2,4,13-15,18-19H2,(H3,29,31,35)/t27-/m1/s1. The van der Waals surface area contributed by atoms with Crippen LogP contribution in [0, 0.1) is 0 Å². The van der Waals surface area contributed by atoms with Crippen molar-refractivity contribution in [3.63, 3.8) is 0 Å². The molecular weight excluding hydrogens is 458 g/mol. The number of aliphatic hydroxyl groups is 2. The molecule has 0 saturated carbocycles. The number of hydrogen-bond donors (Lipinski definition) is 6. The van der Waals surface area contributed by atoms with E-state index in [9.17, 15) is 20.1 Å². The number of rotatable bonds is 14. The molecule has 0 saturated heterocycles. The first-order chi connectivity index (χ1) is 17.4. The predicted octanol–water partition coefficient (Wildman–Crippen LogP) is 3.64. The molecule has 0 fully saturated rings. The average molecular weight is 494 g/mol. The fourth-order valence-corrected chi connectivity index (χ4v) is 3.85. The molecule has 0 radical (unpaired) electrons. The van der Waals surface area contributed by atoms with Gasteiger partial charge in [0.15, 0.2) is 0 Å². The topological polar surface area (TPSA) is 137 Å². The van der Waals surface area contributed by atoms with E-state index in [0.29, 0.717) is 36.5 Å². The predicted molar refractivity (Wildman–Crippen MR) is 140 cm³/mol. The number of carbonyl (C=O) groups excluding carboxylic acids is 1. The molecule has 3 aromatic carbocycles. The second-order valence-electron chi connectivity index (χ2n) is 8.66. The van der Waals surface area contributed by atoms with E-state index in [2.05, 4.69) is 10.6 Å². The lowest BCUT2D eigenvalue weighted by molar-refractivity contribution is 0.174. The molecule has 0 aliphatic rings. The third-order valence-corrected chi connectivity index (χ3v) is 5.83. The minimum Gasteiger partial charge on any atom is -0.508 e. The molecule has 0 unspecified atom stereocenters. The fraction of sp³-hybridized carbons (Fsp3) is 0.321. The lowest BCUT2D eigenvalue weighted by Gasteiger charge is -2.14. The minimum absolute atomic E-state index is 0.0237. The highest BCUT2D eigenvalue weighted by Crippen LogP contribution is 2.22. The third kappa shape index (κ3) is 8.88. The Balaban J connectivity index is 1.31. The van der Waals surface area contributed by atoms with Gasteiger partial charge in [0.05, 0.1) is 19.3 Å². The van der Waals surface area contributed by atoms with Gasteiger partial charge < -0.3 is 36.4 Å². The summed E-state index contributed by atoms with van der Waals surface area (Å²) < 4.78 is 5.85. The largest absolute Gasteiger partial charge is 0.508 e. The van der Waals surface area contributed by atoms with Gasteiger partial charge in [-0.2, -0.15) is 0 Å². The van der Waals surface area contributed by atoms with Crippen LogP contribution in [0.2, 0.25) is 0 Å². The summed E-state index contributed by atoms with van der Waals surface area (Å²) in [6.45, 7) is 1.44. The van der Waals surface area contributed by atoms with Gasteiger partial charge in [-0.25, -0.2) is 4.79 Å². The second-order valence-corrected chi connectivity index (χ2v) is 8.66. The normalized spacial score (nSPS) is 11.7. The molecular formula is C28H35N3O5. The second kappa shape index (κ2) is 14.1. The molecule has 0 spiro atoms. The van der Waals surface area contributed by atoms with Crippen LogP contribution in [0.4, 0.5) is 10.5 Å². The summed E-state index contributed by atoms with van der Waals surface area (Å²) in [5.74, 6) is 0.859. The van der Waals surface area contributed by atoms with E-state index in [0.717, 1.165) is 37.0 Å².